The SMILES string of the molecule is Cc1ccc2cc(C(=O)N[C@H](CC(=O)O)c3cccc(Br)c3)[nH]c2c1. The number of hydrogen-bond acceptors (Lipinski definition) is 2. The molecule has 0 saturated heterocycles. The average Bonchev–Trinajstić information content (AvgIpc) is 2.97. The molecule has 0 aliphatic heterocycles. The maximum Gasteiger partial charge on any atom is 0.305 e. The molecule has 0 aliphatic carbocycles. The highest BCUT2D eigenvalue weighted by atomic mass is 79.9. The second-order valence-electron chi connectivity index (χ2n) is 5.95. The summed E-state index contributed by atoms with van der Waals surface area (Å²) in [4.78, 5) is 26.9. The lowest BCUT2D eigenvalue weighted by molar-refractivity contribution is -0.137. The third-order valence-electron chi connectivity index (χ3n) is 3.96. The van der Waals surface area contributed by atoms with Gasteiger partial charge in [0.1, 0.15) is 5.69 Å². The molecule has 5 nitrogen and oxygen atoms in total. The summed E-state index contributed by atoms with van der Waals surface area (Å²) < 4.78 is 0.829. The number of aliphatic carboxylic acids is 1. The average molecular weight is 401 g/mol. The van der Waals surface area contributed by atoms with Crippen LogP contribution in [-0.2, 0) is 4.79 Å². The van der Waals surface area contributed by atoms with Crippen molar-refractivity contribution in [2.24, 2.45) is 0 Å². The van der Waals surface area contributed by atoms with Crippen LogP contribution in [-0.4, -0.2) is 22.0 Å². The van der Waals surface area contributed by atoms with Gasteiger partial charge in [0, 0.05) is 15.4 Å². The highest BCUT2D eigenvalue weighted by Crippen LogP contribution is 2.22. The van der Waals surface area contributed by atoms with E-state index in [1.807, 2.05) is 43.3 Å². The van der Waals surface area contributed by atoms with Gasteiger partial charge in [-0.15, -0.1) is 0 Å². The fourth-order valence-corrected chi connectivity index (χ4v) is 3.17. The van der Waals surface area contributed by atoms with Gasteiger partial charge in [-0.2, -0.15) is 0 Å². The van der Waals surface area contributed by atoms with Gasteiger partial charge in [0.15, 0.2) is 0 Å². The highest BCUT2D eigenvalue weighted by Gasteiger charge is 2.20. The summed E-state index contributed by atoms with van der Waals surface area (Å²) in [6, 6.07) is 14.3. The molecule has 0 aliphatic rings. The molecule has 2 aromatic carbocycles. The predicted molar refractivity (Wildman–Crippen MR) is 99.6 cm³/mol. The third-order valence-corrected chi connectivity index (χ3v) is 4.45. The van der Waals surface area contributed by atoms with E-state index < -0.39 is 12.0 Å². The Hall–Kier alpha value is -2.60. The first-order valence-electron chi connectivity index (χ1n) is 7.80. The lowest BCUT2D eigenvalue weighted by Gasteiger charge is -2.17. The number of rotatable bonds is 5. The number of H-pyrrole nitrogens is 1. The Bertz CT molecular complexity index is 949. The molecule has 6 heteroatoms. The van der Waals surface area contributed by atoms with E-state index in [2.05, 4.69) is 26.2 Å². The van der Waals surface area contributed by atoms with Gasteiger partial charge in [0.2, 0.25) is 0 Å². The molecule has 0 bridgehead atoms. The molecule has 1 amide bonds. The van der Waals surface area contributed by atoms with Gasteiger partial charge in [-0.1, -0.05) is 40.2 Å². The Morgan fingerprint density at radius 2 is 2.00 bits per heavy atom. The number of nitrogens with one attached hydrogen (secondary N) is 2. The minimum Gasteiger partial charge on any atom is -0.481 e. The summed E-state index contributed by atoms with van der Waals surface area (Å²) in [5.74, 6) is -1.31. The number of halogens is 1. The first-order chi connectivity index (χ1) is 11.9. The molecule has 0 spiro atoms. The van der Waals surface area contributed by atoms with Gasteiger partial charge in [0.25, 0.3) is 5.91 Å². The first kappa shape index (κ1) is 17.2. The molecule has 128 valence electrons. The monoisotopic (exact) mass is 400 g/mol. The number of aromatic nitrogens is 1. The van der Waals surface area contributed by atoms with E-state index in [4.69, 9.17) is 0 Å². The Kier molecular flexibility index (Phi) is 4.90. The zero-order valence-corrected chi connectivity index (χ0v) is 15.1. The summed E-state index contributed by atoms with van der Waals surface area (Å²) in [5, 5.41) is 12.9. The number of hydrogen-bond donors (Lipinski definition) is 3. The maximum absolute atomic E-state index is 12.6. The van der Waals surface area contributed by atoms with Gasteiger partial charge in [-0.05, 0) is 42.3 Å². The molecular weight excluding hydrogens is 384 g/mol. The van der Waals surface area contributed by atoms with Crippen molar-refractivity contribution < 1.29 is 14.7 Å². The molecular formula is C19H17BrN2O3. The maximum atomic E-state index is 12.6. The van der Waals surface area contributed by atoms with Gasteiger partial charge in [-0.25, -0.2) is 0 Å². The van der Waals surface area contributed by atoms with E-state index in [0.29, 0.717) is 5.69 Å². The van der Waals surface area contributed by atoms with Crippen molar-refractivity contribution >= 4 is 38.7 Å². The van der Waals surface area contributed by atoms with Crippen molar-refractivity contribution in [2.45, 2.75) is 19.4 Å². The van der Waals surface area contributed by atoms with Crippen LogP contribution in [0.2, 0.25) is 0 Å². The second kappa shape index (κ2) is 7.11. The minimum atomic E-state index is -0.974. The molecule has 0 radical (unpaired) electrons. The molecule has 3 aromatic rings. The molecule has 0 fully saturated rings. The van der Waals surface area contributed by atoms with E-state index in [-0.39, 0.29) is 12.3 Å². The van der Waals surface area contributed by atoms with E-state index in [9.17, 15) is 14.7 Å². The van der Waals surface area contributed by atoms with Crippen molar-refractivity contribution in [1.82, 2.24) is 10.3 Å². The lowest BCUT2D eigenvalue weighted by Crippen LogP contribution is -2.30. The van der Waals surface area contributed by atoms with Crippen LogP contribution in [0.5, 0.6) is 0 Å². The smallest absolute Gasteiger partial charge is 0.305 e. The minimum absolute atomic E-state index is 0.193. The molecule has 3 N–H and O–H groups in total. The summed E-state index contributed by atoms with van der Waals surface area (Å²) in [5.41, 5.74) is 3.12. The van der Waals surface area contributed by atoms with Crippen LogP contribution in [0.15, 0.2) is 53.0 Å². The molecule has 1 heterocycles. The van der Waals surface area contributed by atoms with E-state index >= 15 is 0 Å². The van der Waals surface area contributed by atoms with Crippen molar-refractivity contribution in [3.63, 3.8) is 0 Å². The number of carboxylic acids is 1. The number of aromatic amines is 1. The normalized spacial score (nSPS) is 12.1. The molecule has 1 aromatic heterocycles. The molecule has 1 atom stereocenters. The molecule has 0 unspecified atom stereocenters. The van der Waals surface area contributed by atoms with E-state index in [1.165, 1.54) is 0 Å². The van der Waals surface area contributed by atoms with Crippen LogP contribution in [0.4, 0.5) is 0 Å². The number of aryl methyl sites for hydroxylation is 1. The quantitative estimate of drug-likeness (QED) is 0.600. The van der Waals surface area contributed by atoms with Gasteiger partial charge < -0.3 is 15.4 Å². The zero-order valence-electron chi connectivity index (χ0n) is 13.5. The Morgan fingerprint density at radius 1 is 1.20 bits per heavy atom. The second-order valence-corrected chi connectivity index (χ2v) is 6.87. The molecule has 0 saturated carbocycles. The van der Waals surface area contributed by atoms with Crippen LogP contribution in [0, 0.1) is 6.92 Å². The third kappa shape index (κ3) is 4.09. The van der Waals surface area contributed by atoms with Gasteiger partial charge in [-0.3, -0.25) is 9.59 Å². The van der Waals surface area contributed by atoms with Crippen LogP contribution in [0.25, 0.3) is 10.9 Å². The van der Waals surface area contributed by atoms with Crippen LogP contribution < -0.4 is 5.32 Å². The first-order valence-corrected chi connectivity index (χ1v) is 8.59. The van der Waals surface area contributed by atoms with Crippen molar-refractivity contribution in [3.8, 4) is 0 Å². The summed E-state index contributed by atoms with van der Waals surface area (Å²) in [6.45, 7) is 1.98. The van der Waals surface area contributed by atoms with Gasteiger partial charge >= 0.3 is 5.97 Å². The summed E-state index contributed by atoms with van der Waals surface area (Å²) in [7, 11) is 0. The number of carbonyl (C=O) groups excluding carboxylic acids is 1. The highest BCUT2D eigenvalue weighted by molar-refractivity contribution is 9.10. The number of carbonyl (C=O) groups is 2. The van der Waals surface area contributed by atoms with Crippen molar-refractivity contribution in [3.05, 3.63) is 69.8 Å². The van der Waals surface area contributed by atoms with E-state index in [0.717, 1.165) is 26.5 Å². The number of carboxylic acid groups (broad SMARTS) is 1. The number of benzene rings is 2. The molecule has 25 heavy (non-hydrogen) atoms. The Morgan fingerprint density at radius 3 is 2.72 bits per heavy atom. The Labute approximate surface area is 153 Å². The van der Waals surface area contributed by atoms with Crippen LogP contribution in [0.1, 0.15) is 34.1 Å². The Balaban J connectivity index is 1.87. The lowest BCUT2D eigenvalue weighted by atomic mass is 10.0. The number of fused-ring (bicyclic) bond motifs is 1. The van der Waals surface area contributed by atoms with Crippen molar-refractivity contribution in [1.29, 1.82) is 0 Å². The fourth-order valence-electron chi connectivity index (χ4n) is 2.75. The van der Waals surface area contributed by atoms with Crippen molar-refractivity contribution in [2.75, 3.05) is 0 Å². The van der Waals surface area contributed by atoms with Crippen LogP contribution >= 0.6 is 15.9 Å². The zero-order chi connectivity index (χ0) is 18.0. The largest absolute Gasteiger partial charge is 0.481 e. The summed E-state index contributed by atoms with van der Waals surface area (Å²) in [6.07, 6.45) is -0.193. The van der Waals surface area contributed by atoms with E-state index in [1.54, 1.807) is 12.1 Å². The predicted octanol–water partition coefficient (Wildman–Crippen LogP) is 4.18. The molecule has 3 rings (SSSR count). The van der Waals surface area contributed by atoms with Crippen LogP contribution in [0.3, 0.4) is 0 Å². The summed E-state index contributed by atoms with van der Waals surface area (Å²) >= 11 is 3.37. The standard InChI is InChI=1S/C19H17BrN2O3/c1-11-5-6-13-9-17(21-15(13)7-11)19(25)22-16(10-18(23)24)12-3-2-4-14(20)8-12/h2-9,16,21H,10H2,1H3,(H,22,25)(H,23,24)/t16-/m1/s1. The fraction of sp³-hybridized carbons (Fsp3) is 0.158. The topological polar surface area (TPSA) is 82.2 Å². The van der Waals surface area contributed by atoms with Gasteiger partial charge in [0.05, 0.1) is 12.5 Å². The number of amides is 1.